The average Bonchev–Trinajstić information content (AvgIpc) is 3.45. The summed E-state index contributed by atoms with van der Waals surface area (Å²) in [6.07, 6.45) is 19.8. The lowest BCUT2D eigenvalue weighted by molar-refractivity contribution is 0.356. The minimum absolute atomic E-state index is 0.898. The Hall–Kier alpha value is -2.60. The van der Waals surface area contributed by atoms with Gasteiger partial charge in [0.05, 0.1) is 0 Å². The van der Waals surface area contributed by atoms with Crippen molar-refractivity contribution in [3.05, 3.63) is 105 Å². The molecule has 2 aromatic rings. The smallest absolute Gasteiger partial charge is 0.00137 e. The Labute approximate surface area is 200 Å². The van der Waals surface area contributed by atoms with E-state index in [1.807, 2.05) is 0 Å². The van der Waals surface area contributed by atoms with Crippen LogP contribution in [0.5, 0.6) is 0 Å². The molecule has 0 atom stereocenters. The van der Waals surface area contributed by atoms with E-state index in [1.54, 1.807) is 0 Å². The van der Waals surface area contributed by atoms with Gasteiger partial charge in [-0.05, 0) is 95.1 Å². The molecule has 0 heteroatoms. The van der Waals surface area contributed by atoms with E-state index in [0.29, 0.717) is 0 Å². The van der Waals surface area contributed by atoms with Crippen molar-refractivity contribution >= 4 is 11.6 Å². The van der Waals surface area contributed by atoms with E-state index in [1.165, 1.54) is 94.2 Å². The molecule has 3 aliphatic carbocycles. The fourth-order valence-electron chi connectivity index (χ4n) is 6.16. The van der Waals surface area contributed by atoms with Crippen LogP contribution in [-0.2, 0) is 19.3 Å². The number of allylic oxidation sites excluding steroid dienone is 6. The van der Waals surface area contributed by atoms with E-state index in [4.69, 9.17) is 0 Å². The monoisotopic (exact) mass is 434 g/mol. The first-order valence-corrected chi connectivity index (χ1v) is 13.1. The van der Waals surface area contributed by atoms with Crippen molar-refractivity contribution in [1.82, 2.24) is 0 Å². The van der Waals surface area contributed by atoms with Crippen molar-refractivity contribution in [2.24, 2.45) is 5.92 Å². The standard InChI is InChI=1S/C33H38/c1-4-27-17-23(2)13-16-32(27)24(3)18-29-11-8-12-33(29)31-21-28-15-14-26(20-30(28)22-31)19-25-9-6-5-7-10-25/h11-17,20,22,25H,3-10,18-19,21H2,1-2H3. The third-order valence-corrected chi connectivity index (χ3v) is 7.97. The van der Waals surface area contributed by atoms with Crippen LogP contribution in [0.4, 0.5) is 0 Å². The van der Waals surface area contributed by atoms with Crippen LogP contribution in [0.1, 0.15) is 85.3 Å². The molecular weight excluding hydrogens is 396 g/mol. The normalized spacial score (nSPS) is 18.1. The topological polar surface area (TPSA) is 0 Å². The Bertz CT molecular complexity index is 1140. The van der Waals surface area contributed by atoms with Gasteiger partial charge in [-0.25, -0.2) is 0 Å². The number of aryl methyl sites for hydroxylation is 2. The van der Waals surface area contributed by atoms with Crippen LogP contribution in [0.2, 0.25) is 0 Å². The van der Waals surface area contributed by atoms with Crippen LogP contribution in [0.25, 0.3) is 11.6 Å². The molecule has 0 heterocycles. The minimum Gasteiger partial charge on any atom is -0.0949 e. The highest BCUT2D eigenvalue weighted by atomic mass is 14.3. The highest BCUT2D eigenvalue weighted by molar-refractivity contribution is 5.76. The van der Waals surface area contributed by atoms with E-state index < -0.39 is 0 Å². The highest BCUT2D eigenvalue weighted by Crippen LogP contribution is 2.39. The number of rotatable bonds is 7. The molecule has 0 radical (unpaired) electrons. The zero-order valence-corrected chi connectivity index (χ0v) is 20.6. The van der Waals surface area contributed by atoms with Gasteiger partial charge in [0.25, 0.3) is 0 Å². The predicted molar refractivity (Wildman–Crippen MR) is 143 cm³/mol. The maximum absolute atomic E-state index is 4.51. The van der Waals surface area contributed by atoms with Gasteiger partial charge in [0.15, 0.2) is 0 Å². The van der Waals surface area contributed by atoms with Crippen LogP contribution < -0.4 is 0 Å². The molecule has 1 fully saturated rings. The molecule has 1 saturated carbocycles. The SMILES string of the molecule is C=C(CC1=CCC=C1C1=Cc2cc(CC3CCCCC3)ccc2C1)c1ccc(C)cc1CC. The first-order chi connectivity index (χ1) is 16.1. The Kier molecular flexibility index (Phi) is 6.54. The quantitative estimate of drug-likeness (QED) is 0.408. The molecule has 2 aromatic carbocycles. The van der Waals surface area contributed by atoms with Crippen molar-refractivity contribution in [3.63, 3.8) is 0 Å². The lowest BCUT2D eigenvalue weighted by Gasteiger charge is -2.21. The molecule has 0 aliphatic heterocycles. The number of hydrogen-bond acceptors (Lipinski definition) is 0. The molecule has 0 nitrogen and oxygen atoms in total. The van der Waals surface area contributed by atoms with E-state index >= 15 is 0 Å². The Morgan fingerprint density at radius 1 is 1.00 bits per heavy atom. The third kappa shape index (κ3) is 4.86. The van der Waals surface area contributed by atoms with Gasteiger partial charge in [-0.15, -0.1) is 0 Å². The molecule has 170 valence electrons. The second-order valence-corrected chi connectivity index (χ2v) is 10.5. The maximum Gasteiger partial charge on any atom is -0.00137 e. The molecule has 5 rings (SSSR count). The summed E-state index contributed by atoms with van der Waals surface area (Å²) in [5.41, 5.74) is 14.2. The van der Waals surface area contributed by atoms with Gasteiger partial charge < -0.3 is 0 Å². The molecule has 0 amide bonds. The summed E-state index contributed by atoms with van der Waals surface area (Å²) in [6.45, 7) is 8.93. The van der Waals surface area contributed by atoms with Crippen molar-refractivity contribution in [1.29, 1.82) is 0 Å². The molecule has 0 aromatic heterocycles. The summed E-state index contributed by atoms with van der Waals surface area (Å²) in [5, 5.41) is 0. The fraction of sp³-hybridized carbons (Fsp3) is 0.394. The van der Waals surface area contributed by atoms with E-state index in [0.717, 1.165) is 31.6 Å². The first-order valence-electron chi connectivity index (χ1n) is 13.1. The van der Waals surface area contributed by atoms with Crippen molar-refractivity contribution in [3.8, 4) is 0 Å². The number of fused-ring (bicyclic) bond motifs is 1. The molecule has 0 N–H and O–H groups in total. The van der Waals surface area contributed by atoms with Crippen LogP contribution in [0, 0.1) is 12.8 Å². The highest BCUT2D eigenvalue weighted by Gasteiger charge is 2.22. The zero-order valence-electron chi connectivity index (χ0n) is 20.6. The van der Waals surface area contributed by atoms with Gasteiger partial charge in [-0.3, -0.25) is 0 Å². The lowest BCUT2D eigenvalue weighted by atomic mass is 9.84. The molecule has 0 unspecified atom stereocenters. The molecule has 0 spiro atoms. The van der Waals surface area contributed by atoms with Crippen molar-refractivity contribution in [2.45, 2.75) is 78.1 Å². The number of hydrogen-bond donors (Lipinski definition) is 0. The van der Waals surface area contributed by atoms with Gasteiger partial charge in [0.2, 0.25) is 0 Å². The summed E-state index contributed by atoms with van der Waals surface area (Å²) in [5.74, 6) is 0.898. The number of benzene rings is 2. The first kappa shape index (κ1) is 22.2. The predicted octanol–water partition coefficient (Wildman–Crippen LogP) is 8.98. The summed E-state index contributed by atoms with van der Waals surface area (Å²) in [4.78, 5) is 0. The van der Waals surface area contributed by atoms with Gasteiger partial charge in [-0.1, -0.05) is 106 Å². The summed E-state index contributed by atoms with van der Waals surface area (Å²) in [6, 6.07) is 14.1. The Balaban J connectivity index is 1.30. The van der Waals surface area contributed by atoms with Gasteiger partial charge >= 0.3 is 0 Å². The molecule has 0 bridgehead atoms. The Morgan fingerprint density at radius 3 is 2.67 bits per heavy atom. The van der Waals surface area contributed by atoms with Gasteiger partial charge in [-0.2, -0.15) is 0 Å². The third-order valence-electron chi connectivity index (χ3n) is 7.97. The lowest BCUT2D eigenvalue weighted by Crippen LogP contribution is -2.09. The second kappa shape index (κ2) is 9.72. The van der Waals surface area contributed by atoms with E-state index in [2.05, 4.69) is 75.1 Å². The van der Waals surface area contributed by atoms with Crippen LogP contribution in [-0.4, -0.2) is 0 Å². The van der Waals surface area contributed by atoms with Crippen molar-refractivity contribution in [2.75, 3.05) is 0 Å². The average molecular weight is 435 g/mol. The van der Waals surface area contributed by atoms with Gasteiger partial charge in [0.1, 0.15) is 0 Å². The zero-order chi connectivity index (χ0) is 22.8. The van der Waals surface area contributed by atoms with Crippen LogP contribution in [0.15, 0.2) is 71.8 Å². The van der Waals surface area contributed by atoms with Gasteiger partial charge in [0, 0.05) is 0 Å². The minimum atomic E-state index is 0.898. The van der Waals surface area contributed by atoms with E-state index in [9.17, 15) is 0 Å². The largest absolute Gasteiger partial charge is 0.0949 e. The fourth-order valence-corrected chi connectivity index (χ4v) is 6.16. The second-order valence-electron chi connectivity index (χ2n) is 10.5. The molecule has 3 aliphatic rings. The van der Waals surface area contributed by atoms with Crippen LogP contribution >= 0.6 is 0 Å². The molecule has 33 heavy (non-hydrogen) atoms. The Morgan fingerprint density at radius 2 is 1.85 bits per heavy atom. The molecule has 0 saturated heterocycles. The summed E-state index contributed by atoms with van der Waals surface area (Å²) >= 11 is 0. The van der Waals surface area contributed by atoms with E-state index in [-0.39, 0.29) is 0 Å². The summed E-state index contributed by atoms with van der Waals surface area (Å²) in [7, 11) is 0. The molecular formula is C33H38. The van der Waals surface area contributed by atoms with Crippen LogP contribution in [0.3, 0.4) is 0 Å². The maximum atomic E-state index is 4.51. The van der Waals surface area contributed by atoms with Crippen molar-refractivity contribution < 1.29 is 0 Å². The summed E-state index contributed by atoms with van der Waals surface area (Å²) < 4.78 is 0.